The number of nitrogens with zero attached hydrogens (tertiary/aromatic N) is 3. The molecule has 1 heterocycles. The summed E-state index contributed by atoms with van der Waals surface area (Å²) in [5, 5.41) is 19.9. The zero-order chi connectivity index (χ0) is 16.9. The van der Waals surface area contributed by atoms with Crippen molar-refractivity contribution in [3.63, 3.8) is 0 Å². The minimum Gasteiger partial charge on any atom is -0.486 e. The van der Waals surface area contributed by atoms with Gasteiger partial charge in [-0.05, 0) is 18.1 Å². The molecule has 1 aliphatic rings. The van der Waals surface area contributed by atoms with E-state index in [9.17, 15) is 10.1 Å². The van der Waals surface area contributed by atoms with Crippen LogP contribution in [0.4, 0.5) is 11.4 Å². The lowest BCUT2D eigenvalue weighted by Crippen LogP contribution is -2.39. The van der Waals surface area contributed by atoms with Crippen LogP contribution in [0.25, 0.3) is 0 Å². The van der Waals surface area contributed by atoms with E-state index in [4.69, 9.17) is 10.00 Å². The molecule has 6 heteroatoms. The summed E-state index contributed by atoms with van der Waals surface area (Å²) in [6, 6.07) is 16.7. The zero-order valence-electron chi connectivity index (χ0n) is 13.1. The molecule has 122 valence electrons. The molecule has 0 radical (unpaired) electrons. The molecule has 3 rings (SSSR count). The topological polar surface area (TPSA) is 79.4 Å². The zero-order valence-corrected chi connectivity index (χ0v) is 13.1. The second-order valence-electron chi connectivity index (χ2n) is 5.71. The number of nitro groups is 1. The molecule has 0 bridgehead atoms. The fraction of sp³-hybridized carbons (Fsp3) is 0.278. The van der Waals surface area contributed by atoms with Gasteiger partial charge in [0.05, 0.1) is 23.2 Å². The van der Waals surface area contributed by atoms with Gasteiger partial charge in [0.2, 0.25) is 0 Å². The number of fused-ring (bicyclic) bond motifs is 1. The minimum absolute atomic E-state index is 0.0471. The van der Waals surface area contributed by atoms with Gasteiger partial charge in [-0.2, -0.15) is 5.26 Å². The van der Waals surface area contributed by atoms with Gasteiger partial charge in [-0.1, -0.05) is 30.3 Å². The van der Waals surface area contributed by atoms with E-state index in [-0.39, 0.29) is 11.8 Å². The van der Waals surface area contributed by atoms with Gasteiger partial charge in [0.1, 0.15) is 11.9 Å². The predicted molar refractivity (Wildman–Crippen MR) is 89.9 cm³/mol. The maximum atomic E-state index is 11.1. The molecule has 0 spiro atoms. The summed E-state index contributed by atoms with van der Waals surface area (Å²) < 4.78 is 5.92. The van der Waals surface area contributed by atoms with E-state index in [1.54, 1.807) is 12.1 Å². The largest absolute Gasteiger partial charge is 0.486 e. The van der Waals surface area contributed by atoms with Crippen LogP contribution >= 0.6 is 0 Å². The normalized spacial score (nSPS) is 16.0. The Morgan fingerprint density at radius 2 is 2.08 bits per heavy atom. The second kappa shape index (κ2) is 7.01. The van der Waals surface area contributed by atoms with Crippen molar-refractivity contribution >= 4 is 11.4 Å². The Hall–Kier alpha value is -3.07. The Balaban J connectivity index is 1.91. The molecule has 1 atom stereocenters. The van der Waals surface area contributed by atoms with Gasteiger partial charge in [-0.3, -0.25) is 10.1 Å². The van der Waals surface area contributed by atoms with Crippen molar-refractivity contribution in [1.82, 2.24) is 0 Å². The highest BCUT2D eigenvalue weighted by atomic mass is 16.6. The highest BCUT2D eigenvalue weighted by Gasteiger charge is 2.27. The Morgan fingerprint density at radius 3 is 2.79 bits per heavy atom. The van der Waals surface area contributed by atoms with Crippen molar-refractivity contribution in [3.05, 3.63) is 64.2 Å². The monoisotopic (exact) mass is 323 g/mol. The minimum atomic E-state index is -0.400. The highest BCUT2D eigenvalue weighted by Crippen LogP contribution is 2.37. The molecule has 0 fully saturated rings. The van der Waals surface area contributed by atoms with Crippen LogP contribution in [0.2, 0.25) is 0 Å². The summed E-state index contributed by atoms with van der Waals surface area (Å²) in [7, 11) is 0. The molecule has 6 nitrogen and oxygen atoms in total. The standard InChI is InChI=1S/C18H17N3O3/c19-10-4-7-16-13-20(12-14-5-2-1-3-6-14)17-11-15(21(22)23)8-9-18(17)24-16/h1-3,5-6,8-9,11,16H,4,7,12-13H2/t16-/m0/s1. The summed E-state index contributed by atoms with van der Waals surface area (Å²) >= 11 is 0. The number of anilines is 1. The number of nitriles is 1. The van der Waals surface area contributed by atoms with Crippen LogP contribution in [0.3, 0.4) is 0 Å². The summed E-state index contributed by atoms with van der Waals surface area (Å²) in [6.45, 7) is 1.24. The van der Waals surface area contributed by atoms with E-state index in [2.05, 4.69) is 11.0 Å². The molecular weight excluding hydrogens is 306 g/mol. The van der Waals surface area contributed by atoms with Gasteiger partial charge >= 0.3 is 0 Å². The number of hydrogen-bond donors (Lipinski definition) is 0. The van der Waals surface area contributed by atoms with Crippen LogP contribution in [0.5, 0.6) is 5.75 Å². The van der Waals surface area contributed by atoms with E-state index in [0.29, 0.717) is 31.7 Å². The van der Waals surface area contributed by atoms with Crippen molar-refractivity contribution in [2.24, 2.45) is 0 Å². The van der Waals surface area contributed by atoms with E-state index < -0.39 is 4.92 Å². The van der Waals surface area contributed by atoms with E-state index >= 15 is 0 Å². The lowest BCUT2D eigenvalue weighted by molar-refractivity contribution is -0.384. The maximum absolute atomic E-state index is 11.1. The third-order valence-corrected chi connectivity index (χ3v) is 4.01. The number of non-ortho nitro benzene ring substituents is 1. The third kappa shape index (κ3) is 3.46. The average molecular weight is 323 g/mol. The molecule has 0 amide bonds. The summed E-state index contributed by atoms with van der Waals surface area (Å²) in [5.74, 6) is 0.630. The van der Waals surface area contributed by atoms with Crippen molar-refractivity contribution < 1.29 is 9.66 Å². The molecule has 1 aliphatic heterocycles. The lowest BCUT2D eigenvalue weighted by atomic mass is 10.1. The number of benzene rings is 2. The van der Waals surface area contributed by atoms with E-state index in [1.165, 1.54) is 6.07 Å². The molecule has 0 saturated heterocycles. The summed E-state index contributed by atoms with van der Waals surface area (Å²) in [4.78, 5) is 12.8. The molecule has 0 aromatic heterocycles. The molecule has 24 heavy (non-hydrogen) atoms. The molecule has 0 unspecified atom stereocenters. The molecule has 2 aromatic rings. The number of nitro benzene ring substituents is 1. The summed E-state index contributed by atoms with van der Waals surface area (Å²) in [5.41, 5.74) is 1.89. The van der Waals surface area contributed by atoms with Crippen LogP contribution in [0, 0.1) is 21.4 Å². The highest BCUT2D eigenvalue weighted by molar-refractivity contribution is 5.64. The van der Waals surface area contributed by atoms with Crippen LogP contribution in [-0.4, -0.2) is 17.6 Å². The first-order chi connectivity index (χ1) is 11.7. The van der Waals surface area contributed by atoms with Gasteiger partial charge in [0.15, 0.2) is 0 Å². The smallest absolute Gasteiger partial charge is 0.271 e. The molecular formula is C18H17N3O3. The van der Waals surface area contributed by atoms with E-state index in [0.717, 1.165) is 11.3 Å². The van der Waals surface area contributed by atoms with Crippen molar-refractivity contribution in [2.75, 3.05) is 11.4 Å². The second-order valence-corrected chi connectivity index (χ2v) is 5.71. The van der Waals surface area contributed by atoms with Crippen LogP contribution in [0.15, 0.2) is 48.5 Å². The van der Waals surface area contributed by atoms with Crippen LogP contribution < -0.4 is 9.64 Å². The fourth-order valence-corrected chi connectivity index (χ4v) is 2.86. The van der Waals surface area contributed by atoms with Crippen LogP contribution in [-0.2, 0) is 6.54 Å². The molecule has 0 N–H and O–H groups in total. The van der Waals surface area contributed by atoms with Crippen molar-refractivity contribution in [1.29, 1.82) is 5.26 Å². The average Bonchev–Trinajstić information content (AvgIpc) is 2.60. The van der Waals surface area contributed by atoms with Gasteiger partial charge in [0.25, 0.3) is 5.69 Å². The number of ether oxygens (including phenoxy) is 1. The Labute approximate surface area is 140 Å². The first kappa shape index (κ1) is 15.8. The molecule has 0 saturated carbocycles. The maximum Gasteiger partial charge on any atom is 0.271 e. The third-order valence-electron chi connectivity index (χ3n) is 4.01. The first-order valence-corrected chi connectivity index (χ1v) is 7.78. The first-order valence-electron chi connectivity index (χ1n) is 7.78. The Morgan fingerprint density at radius 1 is 1.29 bits per heavy atom. The lowest BCUT2D eigenvalue weighted by Gasteiger charge is -2.36. The fourth-order valence-electron chi connectivity index (χ4n) is 2.86. The van der Waals surface area contributed by atoms with Gasteiger partial charge in [-0.15, -0.1) is 0 Å². The number of hydrogen-bond acceptors (Lipinski definition) is 5. The Bertz CT molecular complexity index is 771. The molecule has 2 aromatic carbocycles. The van der Waals surface area contributed by atoms with Crippen molar-refractivity contribution in [2.45, 2.75) is 25.5 Å². The van der Waals surface area contributed by atoms with Gasteiger partial charge < -0.3 is 9.64 Å². The number of rotatable bonds is 5. The molecule has 0 aliphatic carbocycles. The predicted octanol–water partition coefficient (Wildman–Crippen LogP) is 3.67. The Kier molecular flexibility index (Phi) is 4.62. The quantitative estimate of drug-likeness (QED) is 0.619. The summed E-state index contributed by atoms with van der Waals surface area (Å²) in [6.07, 6.45) is 0.965. The van der Waals surface area contributed by atoms with Gasteiger partial charge in [0, 0.05) is 25.1 Å². The van der Waals surface area contributed by atoms with Gasteiger partial charge in [-0.25, -0.2) is 0 Å². The SMILES string of the molecule is N#CCC[C@H]1CN(Cc2ccccc2)c2cc([N+](=O)[O-])ccc2O1. The van der Waals surface area contributed by atoms with E-state index in [1.807, 2.05) is 30.3 Å². The van der Waals surface area contributed by atoms with Crippen LogP contribution in [0.1, 0.15) is 18.4 Å². The van der Waals surface area contributed by atoms with Crippen molar-refractivity contribution in [3.8, 4) is 11.8 Å².